The van der Waals surface area contributed by atoms with Gasteiger partial charge in [0.15, 0.2) is 5.82 Å². The van der Waals surface area contributed by atoms with E-state index in [1.54, 1.807) is 0 Å². The van der Waals surface area contributed by atoms with Crippen molar-refractivity contribution in [3.63, 3.8) is 0 Å². The van der Waals surface area contributed by atoms with Crippen LogP contribution in [0.4, 0.5) is 14.5 Å². The standard InChI is InChI=1S/C10H9F2N3O2/c11-6-3-5(13)4-7(12)9(6)10-14-8(1-2-16)15-17-10/h3-4,16H,1-2,13H2. The van der Waals surface area contributed by atoms with Gasteiger partial charge in [0.05, 0.1) is 6.61 Å². The Morgan fingerprint density at radius 2 is 1.94 bits per heavy atom. The van der Waals surface area contributed by atoms with Crippen molar-refractivity contribution in [2.75, 3.05) is 12.3 Å². The minimum absolute atomic E-state index is 0.0288. The molecule has 0 amide bonds. The summed E-state index contributed by atoms with van der Waals surface area (Å²) in [5.74, 6) is -1.84. The first-order valence-corrected chi connectivity index (χ1v) is 4.80. The second kappa shape index (κ2) is 4.46. The summed E-state index contributed by atoms with van der Waals surface area (Å²) in [5, 5.41) is 12.1. The second-order valence-corrected chi connectivity index (χ2v) is 3.35. The molecule has 0 spiro atoms. The minimum atomic E-state index is -0.873. The molecule has 90 valence electrons. The van der Waals surface area contributed by atoms with E-state index in [0.29, 0.717) is 0 Å². The summed E-state index contributed by atoms with van der Waals surface area (Å²) in [6, 6.07) is 1.93. The zero-order valence-corrected chi connectivity index (χ0v) is 8.65. The summed E-state index contributed by atoms with van der Waals surface area (Å²) in [7, 11) is 0. The molecule has 2 rings (SSSR count). The van der Waals surface area contributed by atoms with Crippen LogP contribution in [0, 0.1) is 11.6 Å². The van der Waals surface area contributed by atoms with Crippen molar-refractivity contribution in [3.8, 4) is 11.5 Å². The highest BCUT2D eigenvalue weighted by atomic mass is 19.1. The van der Waals surface area contributed by atoms with Gasteiger partial charge in [-0.2, -0.15) is 4.98 Å². The summed E-state index contributed by atoms with van der Waals surface area (Å²) in [4.78, 5) is 3.76. The van der Waals surface area contributed by atoms with Gasteiger partial charge in [-0.3, -0.25) is 0 Å². The van der Waals surface area contributed by atoms with E-state index < -0.39 is 17.2 Å². The fourth-order valence-corrected chi connectivity index (χ4v) is 1.35. The molecule has 0 atom stereocenters. The number of nitrogens with two attached hydrogens (primary N) is 1. The van der Waals surface area contributed by atoms with Crippen LogP contribution in [0.3, 0.4) is 0 Å². The van der Waals surface area contributed by atoms with Crippen LogP contribution >= 0.6 is 0 Å². The SMILES string of the molecule is Nc1cc(F)c(-c2nc(CCO)no2)c(F)c1. The van der Waals surface area contributed by atoms with Crippen LogP contribution in [0.5, 0.6) is 0 Å². The Hall–Kier alpha value is -2.02. The number of benzene rings is 1. The number of halogens is 2. The van der Waals surface area contributed by atoms with Crippen molar-refractivity contribution < 1.29 is 18.4 Å². The molecule has 7 heteroatoms. The molecular weight excluding hydrogens is 232 g/mol. The van der Waals surface area contributed by atoms with Crippen molar-refractivity contribution in [1.82, 2.24) is 10.1 Å². The molecule has 0 aliphatic carbocycles. The van der Waals surface area contributed by atoms with Gasteiger partial charge in [-0.25, -0.2) is 8.78 Å². The lowest BCUT2D eigenvalue weighted by atomic mass is 10.2. The number of nitrogen functional groups attached to an aromatic ring is 1. The summed E-state index contributed by atoms with van der Waals surface area (Å²) in [6.07, 6.45) is 0.154. The Labute approximate surface area is 94.9 Å². The van der Waals surface area contributed by atoms with Crippen molar-refractivity contribution >= 4 is 5.69 Å². The Kier molecular flexibility index (Phi) is 3.01. The van der Waals surface area contributed by atoms with Gasteiger partial charge in [0, 0.05) is 12.1 Å². The third-order valence-electron chi connectivity index (χ3n) is 2.08. The maximum absolute atomic E-state index is 13.5. The van der Waals surface area contributed by atoms with E-state index in [1.807, 2.05) is 0 Å². The van der Waals surface area contributed by atoms with E-state index in [1.165, 1.54) is 0 Å². The van der Waals surface area contributed by atoms with Crippen LogP contribution in [0.15, 0.2) is 16.7 Å². The zero-order valence-electron chi connectivity index (χ0n) is 8.65. The van der Waals surface area contributed by atoms with E-state index in [9.17, 15) is 8.78 Å². The van der Waals surface area contributed by atoms with E-state index in [0.717, 1.165) is 12.1 Å². The molecule has 5 nitrogen and oxygen atoms in total. The van der Waals surface area contributed by atoms with Crippen LogP contribution in [0.2, 0.25) is 0 Å². The molecule has 17 heavy (non-hydrogen) atoms. The molecule has 0 bridgehead atoms. The molecule has 0 saturated carbocycles. The van der Waals surface area contributed by atoms with Gasteiger partial charge in [0.1, 0.15) is 17.2 Å². The van der Waals surface area contributed by atoms with Gasteiger partial charge in [-0.15, -0.1) is 0 Å². The third kappa shape index (κ3) is 2.23. The van der Waals surface area contributed by atoms with Gasteiger partial charge < -0.3 is 15.4 Å². The van der Waals surface area contributed by atoms with E-state index in [4.69, 9.17) is 15.4 Å². The number of rotatable bonds is 3. The Balaban J connectivity index is 2.45. The fourth-order valence-electron chi connectivity index (χ4n) is 1.35. The van der Waals surface area contributed by atoms with Crippen molar-refractivity contribution in [2.45, 2.75) is 6.42 Å². The second-order valence-electron chi connectivity index (χ2n) is 3.35. The molecule has 1 heterocycles. The third-order valence-corrected chi connectivity index (χ3v) is 2.08. The molecule has 0 aliphatic rings. The lowest BCUT2D eigenvalue weighted by Gasteiger charge is -2.00. The molecular formula is C10H9F2N3O2. The number of aliphatic hydroxyl groups is 1. The minimum Gasteiger partial charge on any atom is -0.399 e. The topological polar surface area (TPSA) is 85.2 Å². The lowest BCUT2D eigenvalue weighted by Crippen LogP contribution is -1.96. The van der Waals surface area contributed by atoms with Crippen LogP contribution in [-0.2, 0) is 6.42 Å². The van der Waals surface area contributed by atoms with Gasteiger partial charge in [-0.1, -0.05) is 5.16 Å². The molecule has 0 radical (unpaired) electrons. The monoisotopic (exact) mass is 241 g/mol. The molecule has 3 N–H and O–H groups in total. The summed E-state index contributed by atoms with van der Waals surface area (Å²) < 4.78 is 31.7. The maximum atomic E-state index is 13.5. The molecule has 2 aromatic rings. The summed E-state index contributed by atoms with van der Waals surface area (Å²) >= 11 is 0. The van der Waals surface area contributed by atoms with Crippen LogP contribution < -0.4 is 5.73 Å². The van der Waals surface area contributed by atoms with E-state index in [2.05, 4.69) is 10.1 Å². The zero-order chi connectivity index (χ0) is 12.4. The number of aromatic nitrogens is 2. The number of aliphatic hydroxyl groups excluding tert-OH is 1. The van der Waals surface area contributed by atoms with Crippen molar-refractivity contribution in [1.29, 1.82) is 0 Å². The normalized spacial score (nSPS) is 10.8. The highest BCUT2D eigenvalue weighted by molar-refractivity contribution is 5.59. The average molecular weight is 241 g/mol. The Bertz CT molecular complexity index is 519. The number of nitrogens with zero attached hydrogens (tertiary/aromatic N) is 2. The van der Waals surface area contributed by atoms with Gasteiger partial charge in [0.25, 0.3) is 5.89 Å². The molecule has 0 aliphatic heterocycles. The quantitative estimate of drug-likeness (QED) is 0.787. The van der Waals surface area contributed by atoms with Crippen molar-refractivity contribution in [3.05, 3.63) is 29.6 Å². The molecule has 1 aromatic carbocycles. The Morgan fingerprint density at radius 1 is 1.29 bits per heavy atom. The van der Waals surface area contributed by atoms with Gasteiger partial charge >= 0.3 is 0 Å². The Morgan fingerprint density at radius 3 is 2.53 bits per heavy atom. The van der Waals surface area contributed by atoms with Gasteiger partial charge in [0.2, 0.25) is 0 Å². The fraction of sp³-hybridized carbons (Fsp3) is 0.200. The van der Waals surface area contributed by atoms with E-state index >= 15 is 0 Å². The molecule has 1 aromatic heterocycles. The predicted molar refractivity (Wildman–Crippen MR) is 54.9 cm³/mol. The molecule has 0 fully saturated rings. The summed E-state index contributed by atoms with van der Waals surface area (Å²) in [5.41, 5.74) is 4.83. The molecule has 0 unspecified atom stereocenters. The largest absolute Gasteiger partial charge is 0.399 e. The first-order valence-electron chi connectivity index (χ1n) is 4.80. The van der Waals surface area contributed by atoms with Crippen LogP contribution in [0.25, 0.3) is 11.5 Å². The number of anilines is 1. The number of hydrogen-bond donors (Lipinski definition) is 2. The predicted octanol–water partition coefficient (Wildman–Crippen LogP) is 1.13. The van der Waals surface area contributed by atoms with Gasteiger partial charge in [-0.05, 0) is 12.1 Å². The highest BCUT2D eigenvalue weighted by Gasteiger charge is 2.18. The number of hydrogen-bond acceptors (Lipinski definition) is 5. The average Bonchev–Trinajstić information content (AvgIpc) is 2.65. The van der Waals surface area contributed by atoms with E-state index in [-0.39, 0.29) is 30.4 Å². The van der Waals surface area contributed by atoms with Crippen LogP contribution in [0.1, 0.15) is 5.82 Å². The maximum Gasteiger partial charge on any atom is 0.263 e. The lowest BCUT2D eigenvalue weighted by molar-refractivity contribution is 0.293. The van der Waals surface area contributed by atoms with Crippen molar-refractivity contribution in [2.24, 2.45) is 0 Å². The first-order chi connectivity index (χ1) is 8.11. The molecule has 0 saturated heterocycles. The highest BCUT2D eigenvalue weighted by Crippen LogP contribution is 2.26. The smallest absolute Gasteiger partial charge is 0.263 e. The summed E-state index contributed by atoms with van der Waals surface area (Å²) in [6.45, 7) is -0.175. The first kappa shape index (κ1) is 11.5. The van der Waals surface area contributed by atoms with Crippen LogP contribution in [-0.4, -0.2) is 21.9 Å².